The SMILES string of the molecule is Cc1nsnc1Cn1nnc(C(=O)N2CCN(Cc3ccccc3F)CC2)c1C. The number of halogens is 1. The van der Waals surface area contributed by atoms with Gasteiger partial charge in [-0.25, -0.2) is 9.07 Å². The van der Waals surface area contributed by atoms with E-state index in [1.54, 1.807) is 21.7 Å². The van der Waals surface area contributed by atoms with Gasteiger partial charge in [0.15, 0.2) is 5.69 Å². The summed E-state index contributed by atoms with van der Waals surface area (Å²) in [6.45, 7) is 7.28. The first-order valence-corrected chi connectivity index (χ1v) is 10.2. The fourth-order valence-electron chi connectivity index (χ4n) is 3.37. The third kappa shape index (κ3) is 4.18. The summed E-state index contributed by atoms with van der Waals surface area (Å²) in [5.41, 5.74) is 3.47. The fraction of sp³-hybridized carbons (Fsp3) is 0.421. The van der Waals surface area contributed by atoms with Crippen molar-refractivity contribution >= 4 is 17.6 Å². The van der Waals surface area contributed by atoms with Crippen LogP contribution in [0.4, 0.5) is 4.39 Å². The van der Waals surface area contributed by atoms with Gasteiger partial charge < -0.3 is 4.90 Å². The lowest BCUT2D eigenvalue weighted by atomic mass is 10.2. The van der Waals surface area contributed by atoms with Gasteiger partial charge in [-0.3, -0.25) is 9.69 Å². The lowest BCUT2D eigenvalue weighted by Crippen LogP contribution is -2.48. The minimum absolute atomic E-state index is 0.118. The predicted molar refractivity (Wildman–Crippen MR) is 106 cm³/mol. The maximum Gasteiger partial charge on any atom is 0.276 e. The first-order chi connectivity index (χ1) is 14.0. The molecule has 1 aliphatic rings. The zero-order valence-corrected chi connectivity index (χ0v) is 17.2. The summed E-state index contributed by atoms with van der Waals surface area (Å²) in [6, 6.07) is 6.81. The first kappa shape index (κ1) is 19.6. The van der Waals surface area contributed by atoms with E-state index in [0.29, 0.717) is 50.5 Å². The van der Waals surface area contributed by atoms with Crippen molar-refractivity contribution in [3.8, 4) is 0 Å². The highest BCUT2D eigenvalue weighted by Crippen LogP contribution is 2.15. The van der Waals surface area contributed by atoms with E-state index < -0.39 is 0 Å². The fourth-order valence-corrected chi connectivity index (χ4v) is 3.93. The number of benzene rings is 1. The predicted octanol–water partition coefficient (Wildman–Crippen LogP) is 1.89. The minimum atomic E-state index is -0.191. The van der Waals surface area contributed by atoms with E-state index >= 15 is 0 Å². The van der Waals surface area contributed by atoms with Crippen LogP contribution in [0.2, 0.25) is 0 Å². The molecule has 0 spiro atoms. The summed E-state index contributed by atoms with van der Waals surface area (Å²) in [5, 5.41) is 8.25. The van der Waals surface area contributed by atoms with E-state index in [4.69, 9.17) is 0 Å². The molecule has 3 aromatic rings. The van der Waals surface area contributed by atoms with Crippen molar-refractivity contribution < 1.29 is 9.18 Å². The molecule has 1 fully saturated rings. The van der Waals surface area contributed by atoms with Gasteiger partial charge in [0.25, 0.3) is 5.91 Å². The number of aryl methyl sites for hydroxylation is 1. The smallest absolute Gasteiger partial charge is 0.276 e. The van der Waals surface area contributed by atoms with Crippen molar-refractivity contribution in [3.63, 3.8) is 0 Å². The Balaban J connectivity index is 1.37. The summed E-state index contributed by atoms with van der Waals surface area (Å²) in [4.78, 5) is 16.9. The van der Waals surface area contributed by atoms with Gasteiger partial charge in [0.2, 0.25) is 0 Å². The number of nitrogens with zero attached hydrogens (tertiary/aromatic N) is 7. The van der Waals surface area contributed by atoms with Crippen molar-refractivity contribution in [2.75, 3.05) is 26.2 Å². The van der Waals surface area contributed by atoms with Crippen molar-refractivity contribution in [2.24, 2.45) is 0 Å². The lowest BCUT2D eigenvalue weighted by Gasteiger charge is -2.34. The Morgan fingerprint density at radius 2 is 1.86 bits per heavy atom. The van der Waals surface area contributed by atoms with Gasteiger partial charge >= 0.3 is 0 Å². The van der Waals surface area contributed by atoms with E-state index in [1.807, 2.05) is 19.9 Å². The van der Waals surface area contributed by atoms with Crippen LogP contribution < -0.4 is 0 Å². The molecule has 0 aliphatic carbocycles. The first-order valence-electron chi connectivity index (χ1n) is 9.46. The molecule has 0 saturated carbocycles. The molecule has 1 aliphatic heterocycles. The van der Waals surface area contributed by atoms with Gasteiger partial charge in [-0.15, -0.1) is 5.10 Å². The number of hydrogen-bond donors (Lipinski definition) is 0. The second-order valence-corrected chi connectivity index (χ2v) is 7.67. The Kier molecular flexibility index (Phi) is 5.63. The normalized spacial score (nSPS) is 15.1. The summed E-state index contributed by atoms with van der Waals surface area (Å²) in [5.74, 6) is -0.309. The van der Waals surface area contributed by atoms with Crippen LogP contribution in [0, 0.1) is 19.7 Å². The molecule has 1 amide bonds. The minimum Gasteiger partial charge on any atom is -0.335 e. The quantitative estimate of drug-likeness (QED) is 0.633. The number of rotatable bonds is 5. The molecule has 1 aromatic carbocycles. The van der Waals surface area contributed by atoms with Crippen LogP contribution in [0.25, 0.3) is 0 Å². The molecule has 0 unspecified atom stereocenters. The Morgan fingerprint density at radius 3 is 2.55 bits per heavy atom. The zero-order chi connectivity index (χ0) is 20.4. The van der Waals surface area contributed by atoms with E-state index in [9.17, 15) is 9.18 Å². The van der Waals surface area contributed by atoms with Crippen molar-refractivity contribution in [2.45, 2.75) is 26.9 Å². The third-order valence-corrected chi connectivity index (χ3v) is 5.90. The average molecular weight is 415 g/mol. The molecule has 0 N–H and O–H groups in total. The molecule has 2 aromatic heterocycles. The molecule has 3 heterocycles. The Morgan fingerprint density at radius 1 is 1.10 bits per heavy atom. The van der Waals surface area contributed by atoms with Crippen LogP contribution in [0.15, 0.2) is 24.3 Å². The number of aromatic nitrogens is 5. The van der Waals surface area contributed by atoms with Crippen LogP contribution in [-0.4, -0.2) is 65.6 Å². The van der Waals surface area contributed by atoms with E-state index in [0.717, 1.165) is 28.8 Å². The highest BCUT2D eigenvalue weighted by atomic mass is 32.1. The number of piperazine rings is 1. The van der Waals surface area contributed by atoms with Gasteiger partial charge in [0.1, 0.15) is 5.82 Å². The molecule has 0 bridgehead atoms. The van der Waals surface area contributed by atoms with E-state index in [-0.39, 0.29) is 11.7 Å². The summed E-state index contributed by atoms with van der Waals surface area (Å²) >= 11 is 1.16. The molecule has 4 rings (SSSR count). The Labute approximate surface area is 172 Å². The van der Waals surface area contributed by atoms with Gasteiger partial charge in [0.05, 0.1) is 35.4 Å². The number of hydrogen-bond acceptors (Lipinski definition) is 7. The zero-order valence-electron chi connectivity index (χ0n) is 16.4. The molecular formula is C19H22FN7OS. The molecule has 1 saturated heterocycles. The monoisotopic (exact) mass is 415 g/mol. The molecule has 10 heteroatoms. The van der Waals surface area contributed by atoms with Gasteiger partial charge in [0, 0.05) is 38.3 Å². The standard InChI is InChI=1S/C19H22FN7OS/c1-13-17(23-29-22-13)12-27-14(2)18(21-24-27)19(28)26-9-7-25(8-10-26)11-15-5-3-4-6-16(15)20/h3-6H,7-12H2,1-2H3. The summed E-state index contributed by atoms with van der Waals surface area (Å²) in [6.07, 6.45) is 0. The maximum absolute atomic E-state index is 13.9. The maximum atomic E-state index is 13.9. The Hall–Kier alpha value is -2.72. The number of carbonyl (C=O) groups is 1. The van der Waals surface area contributed by atoms with E-state index in [2.05, 4.69) is 24.0 Å². The van der Waals surface area contributed by atoms with Crippen LogP contribution in [0.1, 0.15) is 33.1 Å². The van der Waals surface area contributed by atoms with Gasteiger partial charge in [-0.1, -0.05) is 23.4 Å². The van der Waals surface area contributed by atoms with Crippen molar-refractivity contribution in [3.05, 3.63) is 58.4 Å². The number of carbonyl (C=O) groups excluding carboxylic acids is 1. The molecular weight excluding hydrogens is 393 g/mol. The molecule has 0 radical (unpaired) electrons. The highest BCUT2D eigenvalue weighted by molar-refractivity contribution is 6.99. The second-order valence-electron chi connectivity index (χ2n) is 7.14. The topological polar surface area (TPSA) is 80.0 Å². The van der Waals surface area contributed by atoms with E-state index in [1.165, 1.54) is 6.07 Å². The van der Waals surface area contributed by atoms with Crippen LogP contribution >= 0.6 is 11.7 Å². The second kappa shape index (κ2) is 8.34. The molecule has 152 valence electrons. The van der Waals surface area contributed by atoms with Crippen LogP contribution in [-0.2, 0) is 13.1 Å². The Bertz CT molecular complexity index is 1010. The molecule has 0 atom stereocenters. The van der Waals surface area contributed by atoms with Gasteiger partial charge in [-0.2, -0.15) is 8.75 Å². The molecule has 29 heavy (non-hydrogen) atoms. The van der Waals surface area contributed by atoms with Crippen LogP contribution in [0.3, 0.4) is 0 Å². The third-order valence-electron chi connectivity index (χ3n) is 5.24. The number of amides is 1. The van der Waals surface area contributed by atoms with Crippen molar-refractivity contribution in [1.82, 2.24) is 33.5 Å². The average Bonchev–Trinajstić information content (AvgIpc) is 3.30. The summed E-state index contributed by atoms with van der Waals surface area (Å²) in [7, 11) is 0. The van der Waals surface area contributed by atoms with Crippen molar-refractivity contribution in [1.29, 1.82) is 0 Å². The van der Waals surface area contributed by atoms with Gasteiger partial charge in [-0.05, 0) is 19.9 Å². The summed E-state index contributed by atoms with van der Waals surface area (Å²) < 4.78 is 24.0. The molecule has 8 nitrogen and oxygen atoms in total. The van der Waals surface area contributed by atoms with Crippen LogP contribution in [0.5, 0.6) is 0 Å². The lowest BCUT2D eigenvalue weighted by molar-refractivity contribution is 0.0620. The highest BCUT2D eigenvalue weighted by Gasteiger charge is 2.26. The largest absolute Gasteiger partial charge is 0.335 e.